The Balaban J connectivity index is 2.85. The molecule has 0 aliphatic carbocycles. The first-order valence-electron chi connectivity index (χ1n) is 6.83. The number of rotatable bonds is 5. The standard InChI is InChI=1S/C15H24N2O4/c1-15(2,3)21-14(19)17-10-5-6-11(12(18)7-8-16)13(9-10)20-4/h5-6,9,12,18H,7-8,16H2,1-4H3,(H,17,19)/t12-/m1/s1. The number of aliphatic hydroxyl groups is 1. The molecule has 1 rings (SSSR count). The van der Waals surface area contributed by atoms with Crippen LogP contribution in [-0.2, 0) is 4.74 Å². The number of carbonyl (C=O) groups excluding carboxylic acids is 1. The Labute approximate surface area is 125 Å². The monoisotopic (exact) mass is 296 g/mol. The summed E-state index contributed by atoms with van der Waals surface area (Å²) in [6.07, 6.45) is -0.796. The Morgan fingerprint density at radius 1 is 1.43 bits per heavy atom. The fourth-order valence-electron chi connectivity index (χ4n) is 1.80. The van der Waals surface area contributed by atoms with Gasteiger partial charge in [-0.1, -0.05) is 6.07 Å². The Hall–Kier alpha value is -1.79. The molecule has 1 amide bonds. The maximum Gasteiger partial charge on any atom is 0.412 e. The molecule has 0 radical (unpaired) electrons. The number of nitrogens with one attached hydrogen (secondary N) is 1. The topological polar surface area (TPSA) is 93.8 Å². The van der Waals surface area contributed by atoms with Gasteiger partial charge in [-0.2, -0.15) is 0 Å². The second-order valence-corrected chi connectivity index (χ2v) is 5.68. The number of benzene rings is 1. The minimum atomic E-state index is -0.694. The molecule has 21 heavy (non-hydrogen) atoms. The Morgan fingerprint density at radius 3 is 2.62 bits per heavy atom. The van der Waals surface area contributed by atoms with Gasteiger partial charge >= 0.3 is 6.09 Å². The molecular weight excluding hydrogens is 272 g/mol. The third-order valence-electron chi connectivity index (χ3n) is 2.68. The summed E-state index contributed by atoms with van der Waals surface area (Å²) in [4.78, 5) is 11.7. The molecule has 4 N–H and O–H groups in total. The van der Waals surface area contributed by atoms with E-state index in [1.54, 1.807) is 39.0 Å². The van der Waals surface area contributed by atoms with Crippen LogP contribution in [-0.4, -0.2) is 30.5 Å². The number of ether oxygens (including phenoxy) is 2. The Kier molecular flexibility index (Phi) is 5.99. The number of nitrogens with two attached hydrogens (primary N) is 1. The summed E-state index contributed by atoms with van der Waals surface area (Å²) >= 11 is 0. The fraction of sp³-hybridized carbons (Fsp3) is 0.533. The van der Waals surface area contributed by atoms with Gasteiger partial charge in [0, 0.05) is 17.3 Å². The van der Waals surface area contributed by atoms with Gasteiger partial charge in [0.05, 0.1) is 13.2 Å². The second kappa shape index (κ2) is 7.28. The van der Waals surface area contributed by atoms with Crippen LogP contribution in [0.1, 0.15) is 38.9 Å². The van der Waals surface area contributed by atoms with Crippen molar-refractivity contribution in [1.29, 1.82) is 0 Å². The lowest BCUT2D eigenvalue weighted by Crippen LogP contribution is -2.27. The minimum Gasteiger partial charge on any atom is -0.496 e. The molecule has 1 aromatic carbocycles. The third kappa shape index (κ3) is 5.61. The lowest BCUT2D eigenvalue weighted by atomic mass is 10.0. The summed E-state index contributed by atoms with van der Waals surface area (Å²) in [7, 11) is 1.51. The molecule has 0 aromatic heterocycles. The molecule has 0 spiro atoms. The van der Waals surface area contributed by atoms with Gasteiger partial charge in [0.15, 0.2) is 0 Å². The SMILES string of the molecule is COc1cc(NC(=O)OC(C)(C)C)ccc1[C@H](O)CCN. The van der Waals surface area contributed by atoms with Crippen molar-refractivity contribution in [2.75, 3.05) is 19.0 Å². The maximum atomic E-state index is 11.7. The van der Waals surface area contributed by atoms with Gasteiger partial charge in [0.25, 0.3) is 0 Å². The summed E-state index contributed by atoms with van der Waals surface area (Å²) in [6, 6.07) is 5.02. The van der Waals surface area contributed by atoms with Gasteiger partial charge in [-0.15, -0.1) is 0 Å². The van der Waals surface area contributed by atoms with E-state index < -0.39 is 17.8 Å². The zero-order chi connectivity index (χ0) is 16.0. The molecule has 0 saturated carbocycles. The van der Waals surface area contributed by atoms with Crippen molar-refractivity contribution in [3.05, 3.63) is 23.8 Å². The van der Waals surface area contributed by atoms with E-state index in [1.807, 2.05) is 0 Å². The number of hydrogen-bond donors (Lipinski definition) is 3. The largest absolute Gasteiger partial charge is 0.496 e. The normalized spacial score (nSPS) is 12.7. The van der Waals surface area contributed by atoms with Crippen molar-refractivity contribution in [3.8, 4) is 5.75 Å². The van der Waals surface area contributed by atoms with Gasteiger partial charge in [-0.25, -0.2) is 4.79 Å². The molecule has 1 aromatic rings. The van der Waals surface area contributed by atoms with E-state index in [0.717, 1.165) is 0 Å². The zero-order valence-corrected chi connectivity index (χ0v) is 13.0. The highest BCUT2D eigenvalue weighted by molar-refractivity contribution is 5.85. The smallest absolute Gasteiger partial charge is 0.412 e. The van der Waals surface area contributed by atoms with Gasteiger partial charge in [0.2, 0.25) is 0 Å². The van der Waals surface area contributed by atoms with Gasteiger partial charge < -0.3 is 20.3 Å². The van der Waals surface area contributed by atoms with Gasteiger partial charge in [-0.3, -0.25) is 5.32 Å². The average Bonchev–Trinajstić information content (AvgIpc) is 2.36. The van der Waals surface area contributed by atoms with Gasteiger partial charge in [-0.05, 0) is 39.8 Å². The maximum absolute atomic E-state index is 11.7. The molecule has 6 heteroatoms. The quantitative estimate of drug-likeness (QED) is 0.776. The van der Waals surface area contributed by atoms with E-state index in [1.165, 1.54) is 7.11 Å². The lowest BCUT2D eigenvalue weighted by Gasteiger charge is -2.20. The first-order valence-corrected chi connectivity index (χ1v) is 6.83. The third-order valence-corrected chi connectivity index (χ3v) is 2.68. The Morgan fingerprint density at radius 2 is 2.10 bits per heavy atom. The van der Waals surface area contributed by atoms with E-state index in [-0.39, 0.29) is 0 Å². The van der Waals surface area contributed by atoms with E-state index in [0.29, 0.717) is 30.0 Å². The Bertz CT molecular complexity index is 483. The molecule has 118 valence electrons. The second-order valence-electron chi connectivity index (χ2n) is 5.68. The molecule has 6 nitrogen and oxygen atoms in total. The molecule has 0 aliphatic rings. The fourth-order valence-corrected chi connectivity index (χ4v) is 1.80. The van der Waals surface area contributed by atoms with Crippen LogP contribution < -0.4 is 15.8 Å². The number of amides is 1. The van der Waals surface area contributed by atoms with Crippen LogP contribution in [0.5, 0.6) is 5.75 Å². The number of hydrogen-bond acceptors (Lipinski definition) is 5. The highest BCUT2D eigenvalue weighted by atomic mass is 16.6. The van der Waals surface area contributed by atoms with Crippen LogP contribution in [0.2, 0.25) is 0 Å². The van der Waals surface area contributed by atoms with Crippen LogP contribution in [0.15, 0.2) is 18.2 Å². The predicted molar refractivity (Wildman–Crippen MR) is 81.5 cm³/mol. The summed E-state index contributed by atoms with van der Waals surface area (Å²) < 4.78 is 10.4. The van der Waals surface area contributed by atoms with E-state index in [9.17, 15) is 9.90 Å². The van der Waals surface area contributed by atoms with Crippen molar-refractivity contribution in [3.63, 3.8) is 0 Å². The van der Waals surface area contributed by atoms with Crippen LogP contribution in [0.25, 0.3) is 0 Å². The minimum absolute atomic E-state index is 0.377. The summed E-state index contributed by atoms with van der Waals surface area (Å²) in [5.74, 6) is 0.490. The van der Waals surface area contributed by atoms with Crippen molar-refractivity contribution < 1.29 is 19.4 Å². The summed E-state index contributed by atoms with van der Waals surface area (Å²) in [5.41, 5.74) is 6.04. The summed E-state index contributed by atoms with van der Waals surface area (Å²) in [5, 5.41) is 12.6. The number of aliphatic hydroxyl groups excluding tert-OH is 1. The first kappa shape index (κ1) is 17.3. The lowest BCUT2D eigenvalue weighted by molar-refractivity contribution is 0.0636. The molecule has 0 heterocycles. The van der Waals surface area contributed by atoms with Crippen LogP contribution >= 0.6 is 0 Å². The number of methoxy groups -OCH3 is 1. The highest BCUT2D eigenvalue weighted by Gasteiger charge is 2.18. The van der Waals surface area contributed by atoms with Crippen molar-refractivity contribution in [2.24, 2.45) is 5.73 Å². The van der Waals surface area contributed by atoms with Crippen molar-refractivity contribution >= 4 is 11.8 Å². The van der Waals surface area contributed by atoms with E-state index >= 15 is 0 Å². The molecule has 0 bridgehead atoms. The molecule has 0 saturated heterocycles. The van der Waals surface area contributed by atoms with Crippen LogP contribution in [0.3, 0.4) is 0 Å². The molecule has 1 atom stereocenters. The van der Waals surface area contributed by atoms with Crippen LogP contribution in [0.4, 0.5) is 10.5 Å². The number of carbonyl (C=O) groups is 1. The number of anilines is 1. The highest BCUT2D eigenvalue weighted by Crippen LogP contribution is 2.30. The van der Waals surface area contributed by atoms with Gasteiger partial charge in [0.1, 0.15) is 11.4 Å². The zero-order valence-electron chi connectivity index (χ0n) is 13.0. The summed E-state index contributed by atoms with van der Waals surface area (Å²) in [6.45, 7) is 5.75. The van der Waals surface area contributed by atoms with Crippen molar-refractivity contribution in [1.82, 2.24) is 0 Å². The first-order chi connectivity index (χ1) is 9.76. The molecule has 0 aliphatic heterocycles. The average molecular weight is 296 g/mol. The van der Waals surface area contributed by atoms with E-state index in [4.69, 9.17) is 15.2 Å². The van der Waals surface area contributed by atoms with Crippen molar-refractivity contribution in [2.45, 2.75) is 38.9 Å². The molecule has 0 unspecified atom stereocenters. The van der Waals surface area contributed by atoms with E-state index in [2.05, 4.69) is 5.32 Å². The molecule has 0 fully saturated rings. The molecular formula is C15H24N2O4. The van der Waals surface area contributed by atoms with Crippen LogP contribution in [0, 0.1) is 0 Å². The predicted octanol–water partition coefficient (Wildman–Crippen LogP) is 2.42.